The van der Waals surface area contributed by atoms with Crippen LogP contribution in [-0.4, -0.2) is 40.1 Å². The average Bonchev–Trinajstić information content (AvgIpc) is 3.63. The Labute approximate surface area is 208 Å². The van der Waals surface area contributed by atoms with E-state index in [1.165, 1.54) is 6.07 Å². The van der Waals surface area contributed by atoms with Crippen molar-refractivity contribution in [1.82, 2.24) is 10.0 Å². The predicted molar refractivity (Wildman–Crippen MR) is 129 cm³/mol. The maximum atomic E-state index is 13.7. The van der Waals surface area contributed by atoms with E-state index in [0.29, 0.717) is 17.4 Å². The van der Waals surface area contributed by atoms with Crippen LogP contribution >= 0.6 is 11.6 Å². The Kier molecular flexibility index (Phi) is 5.01. The molecule has 2 saturated carbocycles. The van der Waals surface area contributed by atoms with Crippen molar-refractivity contribution in [1.29, 1.82) is 0 Å². The first-order chi connectivity index (χ1) is 16.8. The summed E-state index contributed by atoms with van der Waals surface area (Å²) >= 11 is 6.31. The first-order valence-electron chi connectivity index (χ1n) is 12.0. The molecule has 6 atom stereocenters. The highest BCUT2D eigenvalue weighted by Crippen LogP contribution is 2.65. The number of hydrogen-bond donors (Lipinski definition) is 0. The van der Waals surface area contributed by atoms with Gasteiger partial charge in [0.2, 0.25) is 0 Å². The van der Waals surface area contributed by atoms with Crippen LogP contribution in [0.1, 0.15) is 38.3 Å². The van der Waals surface area contributed by atoms with E-state index >= 15 is 0 Å². The molecule has 2 aromatic carbocycles. The van der Waals surface area contributed by atoms with Crippen molar-refractivity contribution in [3.63, 3.8) is 0 Å². The van der Waals surface area contributed by atoms with Crippen LogP contribution in [0.25, 0.3) is 0 Å². The second kappa shape index (κ2) is 7.89. The van der Waals surface area contributed by atoms with E-state index in [9.17, 15) is 19.2 Å². The fourth-order valence-corrected chi connectivity index (χ4v) is 6.54. The molecule has 35 heavy (non-hydrogen) atoms. The van der Waals surface area contributed by atoms with Crippen molar-refractivity contribution in [2.24, 2.45) is 35.5 Å². The number of hydrazine groups is 1. The van der Waals surface area contributed by atoms with Gasteiger partial charge in [-0.3, -0.25) is 19.2 Å². The number of aryl methyl sites for hydroxylation is 2. The van der Waals surface area contributed by atoms with Gasteiger partial charge in [-0.15, -0.1) is 0 Å². The van der Waals surface area contributed by atoms with Crippen molar-refractivity contribution >= 4 is 35.1 Å². The van der Waals surface area contributed by atoms with Crippen LogP contribution in [0.3, 0.4) is 0 Å². The number of amides is 3. The summed E-state index contributed by atoms with van der Waals surface area (Å²) in [6, 6.07) is 11.8. The lowest BCUT2D eigenvalue weighted by atomic mass is 9.63. The molecule has 3 fully saturated rings. The van der Waals surface area contributed by atoms with Gasteiger partial charge in [-0.2, -0.15) is 5.01 Å². The Balaban J connectivity index is 1.38. The van der Waals surface area contributed by atoms with Gasteiger partial charge in [-0.05, 0) is 73.3 Å². The third kappa shape index (κ3) is 3.30. The van der Waals surface area contributed by atoms with Crippen LogP contribution in [0.15, 0.2) is 54.6 Å². The monoisotopic (exact) mass is 488 g/mol. The number of rotatable bonds is 5. The molecule has 0 N–H and O–H groups in total. The Morgan fingerprint density at radius 3 is 2.17 bits per heavy atom. The fourth-order valence-electron chi connectivity index (χ4n) is 6.33. The standard InChI is InChI=1S/C28H25ClN2O4/c1-14-7-8-16(11-15(14)2)23(32)13-30(26(33)19-5-3-4-6-22(19)29)31-27(34)24-17-9-10-18(21-12-20(17)21)25(24)28(31)35/h3-11,17-18,20-21,24-25H,12-13H2,1-2H3/t17-,18-,20-,21+,24-,25+/m0/s1. The number of benzene rings is 2. The molecule has 2 aromatic rings. The molecule has 7 rings (SSSR count). The molecule has 0 unspecified atom stereocenters. The molecular formula is C28H25ClN2O4. The quantitative estimate of drug-likeness (QED) is 0.358. The summed E-state index contributed by atoms with van der Waals surface area (Å²) in [4.78, 5) is 54.5. The van der Waals surface area contributed by atoms with E-state index in [2.05, 4.69) is 12.2 Å². The van der Waals surface area contributed by atoms with Crippen LogP contribution in [0, 0.1) is 49.4 Å². The molecule has 0 aromatic heterocycles. The van der Waals surface area contributed by atoms with Gasteiger partial charge < -0.3 is 0 Å². The molecule has 0 radical (unpaired) electrons. The maximum Gasteiger partial charge on any atom is 0.274 e. The van der Waals surface area contributed by atoms with E-state index in [0.717, 1.165) is 27.6 Å². The molecule has 3 amide bonds. The first-order valence-corrected chi connectivity index (χ1v) is 12.4. The summed E-state index contributed by atoms with van der Waals surface area (Å²) in [5.74, 6) is -1.81. The maximum absolute atomic E-state index is 13.7. The van der Waals surface area contributed by atoms with Crippen LogP contribution in [0.4, 0.5) is 0 Å². The number of allylic oxidation sites excluding steroid dienone is 2. The van der Waals surface area contributed by atoms with Crippen molar-refractivity contribution in [2.45, 2.75) is 20.3 Å². The normalized spacial score (nSPS) is 29.7. The second-order valence-electron chi connectivity index (χ2n) is 10.2. The Morgan fingerprint density at radius 2 is 1.57 bits per heavy atom. The molecule has 2 bridgehead atoms. The van der Waals surface area contributed by atoms with Crippen LogP contribution in [0.5, 0.6) is 0 Å². The summed E-state index contributed by atoms with van der Waals surface area (Å²) < 4.78 is 0. The smallest absolute Gasteiger partial charge is 0.274 e. The van der Waals surface area contributed by atoms with Crippen LogP contribution < -0.4 is 0 Å². The minimum absolute atomic E-state index is 0.0177. The molecule has 6 nitrogen and oxygen atoms in total. The zero-order chi connectivity index (χ0) is 24.6. The van der Waals surface area contributed by atoms with Gasteiger partial charge in [0.15, 0.2) is 5.78 Å². The number of carbonyl (C=O) groups is 4. The van der Waals surface area contributed by atoms with E-state index in [4.69, 9.17) is 11.6 Å². The van der Waals surface area contributed by atoms with Gasteiger partial charge in [0.05, 0.1) is 22.4 Å². The first kappa shape index (κ1) is 22.2. The highest BCUT2D eigenvalue weighted by atomic mass is 35.5. The largest absolute Gasteiger partial charge is 0.292 e. The molecule has 1 heterocycles. The Morgan fingerprint density at radius 1 is 0.943 bits per heavy atom. The van der Waals surface area contributed by atoms with Crippen molar-refractivity contribution in [3.8, 4) is 0 Å². The number of carbonyl (C=O) groups excluding carboxylic acids is 4. The van der Waals surface area contributed by atoms with E-state index < -0.39 is 36.1 Å². The van der Waals surface area contributed by atoms with Gasteiger partial charge >= 0.3 is 0 Å². The molecule has 0 spiro atoms. The zero-order valence-electron chi connectivity index (χ0n) is 19.5. The van der Waals surface area contributed by atoms with Crippen LogP contribution in [-0.2, 0) is 9.59 Å². The average molecular weight is 489 g/mol. The summed E-state index contributed by atoms with van der Waals surface area (Å²) in [6.45, 7) is 3.43. The minimum Gasteiger partial charge on any atom is -0.292 e. The zero-order valence-corrected chi connectivity index (χ0v) is 20.2. The highest BCUT2D eigenvalue weighted by Gasteiger charge is 2.68. The lowest BCUT2D eigenvalue weighted by molar-refractivity contribution is -0.154. The number of ketones is 1. The number of halogens is 1. The second-order valence-corrected chi connectivity index (χ2v) is 10.6. The van der Waals surface area contributed by atoms with E-state index in [-0.39, 0.29) is 28.2 Å². The van der Waals surface area contributed by atoms with Crippen molar-refractivity contribution < 1.29 is 19.2 Å². The highest BCUT2D eigenvalue weighted by molar-refractivity contribution is 6.34. The fraction of sp³-hybridized carbons (Fsp3) is 0.357. The number of nitrogens with zero attached hydrogens (tertiary/aromatic N) is 2. The number of hydrogen-bond acceptors (Lipinski definition) is 4. The molecule has 178 valence electrons. The van der Waals surface area contributed by atoms with Gasteiger partial charge in [0.25, 0.3) is 17.7 Å². The molecule has 1 saturated heterocycles. The Bertz CT molecular complexity index is 1300. The summed E-state index contributed by atoms with van der Waals surface area (Å²) in [7, 11) is 0. The Hall–Kier alpha value is -3.25. The van der Waals surface area contributed by atoms with Gasteiger partial charge in [0.1, 0.15) is 6.54 Å². The van der Waals surface area contributed by atoms with Gasteiger partial charge in [0, 0.05) is 5.56 Å². The SMILES string of the molecule is Cc1ccc(C(=O)CN(C(=O)c2ccccc2Cl)N2C(=O)[C@@H]3[C@H]4C=C[C@@H]([C@@H]5C[C@H]45)[C@@H]3C2=O)cc1C. The van der Waals surface area contributed by atoms with Crippen molar-refractivity contribution in [3.05, 3.63) is 81.9 Å². The molecule has 1 aliphatic heterocycles. The van der Waals surface area contributed by atoms with E-state index in [1.54, 1.807) is 30.3 Å². The molecule has 7 heteroatoms. The van der Waals surface area contributed by atoms with Gasteiger partial charge in [-0.25, -0.2) is 5.01 Å². The van der Waals surface area contributed by atoms with Crippen molar-refractivity contribution in [2.75, 3.05) is 6.54 Å². The summed E-state index contributed by atoms with van der Waals surface area (Å²) in [5.41, 5.74) is 2.55. The summed E-state index contributed by atoms with van der Waals surface area (Å²) in [6.07, 6.45) is 5.20. The summed E-state index contributed by atoms with van der Waals surface area (Å²) in [5, 5.41) is 2.17. The number of imide groups is 1. The lowest BCUT2D eigenvalue weighted by Gasteiger charge is -2.37. The molecule has 4 aliphatic carbocycles. The molecule has 5 aliphatic rings. The third-order valence-electron chi connectivity index (χ3n) is 8.34. The van der Waals surface area contributed by atoms with Gasteiger partial charge in [-0.1, -0.05) is 48.0 Å². The lowest BCUT2D eigenvalue weighted by Crippen LogP contribution is -2.52. The third-order valence-corrected chi connectivity index (χ3v) is 8.67. The number of Topliss-reactive ketones (excluding diaryl/α,β-unsaturated/α-hetero) is 1. The predicted octanol–water partition coefficient (Wildman–Crippen LogP) is 4.25. The topological polar surface area (TPSA) is 74.8 Å². The molecular weight excluding hydrogens is 464 g/mol. The van der Waals surface area contributed by atoms with E-state index in [1.807, 2.05) is 19.9 Å². The van der Waals surface area contributed by atoms with Crippen LogP contribution in [0.2, 0.25) is 5.02 Å². The minimum atomic E-state index is -0.640.